The Labute approximate surface area is 261 Å². The van der Waals surface area contributed by atoms with Gasteiger partial charge in [0, 0.05) is 41.1 Å². The fourth-order valence-corrected chi connectivity index (χ4v) is 6.55. The number of carbonyl (C=O) groups excluding carboxylic acids is 3. The zero-order chi connectivity index (χ0) is 32.4. The fourth-order valence-electron chi connectivity index (χ4n) is 6.40. The van der Waals surface area contributed by atoms with Crippen molar-refractivity contribution < 1.29 is 27.6 Å². The molecule has 3 aromatic heterocycles. The molecular formula is C32H30ClF3N6O3. The van der Waals surface area contributed by atoms with Gasteiger partial charge in [-0.1, -0.05) is 18.5 Å². The van der Waals surface area contributed by atoms with Crippen molar-refractivity contribution in [2.45, 2.75) is 71.8 Å². The molecule has 2 fully saturated rings. The van der Waals surface area contributed by atoms with Crippen molar-refractivity contribution in [3.8, 4) is 11.1 Å². The number of piperidine rings is 1. The number of hydrogen-bond donors (Lipinski definition) is 1. The summed E-state index contributed by atoms with van der Waals surface area (Å²) >= 11 is 6.09. The molecule has 4 heterocycles. The average molecular weight is 639 g/mol. The van der Waals surface area contributed by atoms with E-state index in [-0.39, 0.29) is 34.7 Å². The number of alkyl halides is 3. The minimum Gasteiger partial charge on any atom is -0.337 e. The number of hydrogen-bond acceptors (Lipinski definition) is 6. The summed E-state index contributed by atoms with van der Waals surface area (Å²) in [5.74, 6) is -0.946. The number of fused-ring (bicyclic) bond motifs is 2. The van der Waals surface area contributed by atoms with Gasteiger partial charge in [-0.05, 0) is 80.8 Å². The lowest BCUT2D eigenvalue weighted by molar-refractivity contribution is -0.142. The van der Waals surface area contributed by atoms with Crippen LogP contribution in [0.3, 0.4) is 0 Å². The number of nitrogens with zero attached hydrogens (tertiary/aromatic N) is 5. The molecule has 0 bridgehead atoms. The fraction of sp³-hybridized carbons (Fsp3) is 0.375. The number of nitrogens with one attached hydrogen (secondary N) is 1. The van der Waals surface area contributed by atoms with E-state index in [2.05, 4.69) is 27.2 Å². The van der Waals surface area contributed by atoms with Gasteiger partial charge in [-0.3, -0.25) is 14.4 Å². The predicted octanol–water partition coefficient (Wildman–Crippen LogP) is 6.39. The molecule has 1 aliphatic carbocycles. The van der Waals surface area contributed by atoms with Gasteiger partial charge in [-0.2, -0.15) is 13.2 Å². The normalized spacial score (nSPS) is 21.0. The molecular weight excluding hydrogens is 609 g/mol. The van der Waals surface area contributed by atoms with Gasteiger partial charge in [0.1, 0.15) is 24.1 Å². The van der Waals surface area contributed by atoms with Crippen LogP contribution < -0.4 is 5.32 Å². The maximum absolute atomic E-state index is 14.1. The van der Waals surface area contributed by atoms with Gasteiger partial charge >= 0.3 is 6.18 Å². The van der Waals surface area contributed by atoms with Crippen LogP contribution in [0.2, 0.25) is 5.02 Å². The largest absolute Gasteiger partial charge is 0.433 e. The van der Waals surface area contributed by atoms with E-state index >= 15 is 0 Å². The van der Waals surface area contributed by atoms with E-state index in [9.17, 15) is 27.6 Å². The van der Waals surface area contributed by atoms with Crippen molar-refractivity contribution >= 4 is 45.9 Å². The Morgan fingerprint density at radius 1 is 1.11 bits per heavy atom. The predicted molar refractivity (Wildman–Crippen MR) is 162 cm³/mol. The molecule has 1 aliphatic heterocycles. The van der Waals surface area contributed by atoms with Crippen molar-refractivity contribution in [3.05, 3.63) is 70.5 Å². The van der Waals surface area contributed by atoms with Gasteiger partial charge in [0.15, 0.2) is 11.6 Å². The number of anilines is 1. The molecule has 234 valence electrons. The Morgan fingerprint density at radius 3 is 2.49 bits per heavy atom. The Bertz CT molecular complexity index is 1870. The molecule has 13 heteroatoms. The molecule has 6 rings (SSSR count). The number of aromatic nitrogens is 4. The first-order valence-corrected chi connectivity index (χ1v) is 14.8. The summed E-state index contributed by atoms with van der Waals surface area (Å²) in [6, 6.07) is 4.45. The number of ketones is 1. The summed E-state index contributed by atoms with van der Waals surface area (Å²) in [5, 5.41) is 2.97. The number of likely N-dealkylation sites (tertiary alicyclic amines) is 1. The molecule has 1 saturated heterocycles. The van der Waals surface area contributed by atoms with Crippen LogP contribution in [0.4, 0.5) is 19.0 Å². The van der Waals surface area contributed by atoms with Crippen molar-refractivity contribution in [1.82, 2.24) is 24.4 Å². The zero-order valence-corrected chi connectivity index (χ0v) is 25.8. The number of aryl methyl sites for hydroxylation is 2. The molecule has 2 aliphatic rings. The van der Waals surface area contributed by atoms with E-state index in [1.807, 2.05) is 19.1 Å². The summed E-state index contributed by atoms with van der Waals surface area (Å²) in [7, 11) is 0. The second-order valence-corrected chi connectivity index (χ2v) is 12.6. The second-order valence-electron chi connectivity index (χ2n) is 12.2. The Balaban J connectivity index is 1.32. The third-order valence-corrected chi connectivity index (χ3v) is 9.20. The standard InChI is InChI=1S/C32H30ClF3N6O3/c1-16-9-19(20-12-37-18(3)38-13-20)10-21-22(17(2)43)14-41(28(16)21)15-27(44)42-24(7-8-31(4)11-26(31)42)30(45)40-29-23(33)5-6-25(39-29)32(34,35)36/h5-6,9-10,12-14,24,26H,7-8,11,15H2,1-4H3,(H,39,40,45)/t24-,26+,31-/m0/s1. The van der Waals surface area contributed by atoms with E-state index in [0.717, 1.165) is 28.8 Å². The molecule has 1 N–H and O–H groups in total. The molecule has 45 heavy (non-hydrogen) atoms. The molecule has 2 amide bonds. The average Bonchev–Trinajstić information content (AvgIpc) is 3.53. The van der Waals surface area contributed by atoms with Crippen LogP contribution in [0.25, 0.3) is 22.0 Å². The molecule has 0 radical (unpaired) electrons. The van der Waals surface area contributed by atoms with Crippen LogP contribution in [0.1, 0.15) is 60.5 Å². The minimum atomic E-state index is -4.72. The Morgan fingerprint density at radius 2 is 1.82 bits per heavy atom. The van der Waals surface area contributed by atoms with E-state index < -0.39 is 29.6 Å². The summed E-state index contributed by atoms with van der Waals surface area (Å²) in [5.41, 5.74) is 2.26. The van der Waals surface area contributed by atoms with Gasteiger partial charge in [0.25, 0.3) is 0 Å². The van der Waals surface area contributed by atoms with Crippen LogP contribution in [0.15, 0.2) is 42.9 Å². The SMILES string of the molecule is CC(=O)c1cn(CC(=O)N2[C@H](C(=O)Nc3nc(C(F)(F)F)ccc3Cl)CC[C@@]3(C)C[C@@H]23)c2c(C)cc(-c3cnc(C)nc3)cc12. The second kappa shape index (κ2) is 10.9. The number of benzene rings is 1. The van der Waals surface area contributed by atoms with E-state index in [0.29, 0.717) is 41.6 Å². The maximum Gasteiger partial charge on any atom is 0.433 e. The number of halogens is 4. The highest BCUT2D eigenvalue weighted by atomic mass is 35.5. The van der Waals surface area contributed by atoms with Crippen LogP contribution in [0.5, 0.6) is 0 Å². The summed E-state index contributed by atoms with van der Waals surface area (Å²) in [6.07, 6.45) is 2.07. The van der Waals surface area contributed by atoms with Crippen molar-refractivity contribution in [1.29, 1.82) is 0 Å². The number of Topliss-reactive ketones (excluding diaryl/α,β-unsaturated/α-hetero) is 1. The van der Waals surface area contributed by atoms with Gasteiger partial charge in [0.2, 0.25) is 11.8 Å². The summed E-state index contributed by atoms with van der Waals surface area (Å²) < 4.78 is 41.6. The van der Waals surface area contributed by atoms with Crippen LogP contribution >= 0.6 is 11.6 Å². The van der Waals surface area contributed by atoms with Crippen molar-refractivity contribution in [2.75, 3.05) is 5.32 Å². The molecule has 0 unspecified atom stereocenters. The highest BCUT2D eigenvalue weighted by Crippen LogP contribution is 2.57. The molecule has 4 aromatic rings. The van der Waals surface area contributed by atoms with Crippen LogP contribution in [-0.2, 0) is 22.3 Å². The lowest BCUT2D eigenvalue weighted by atomic mass is 9.92. The quantitative estimate of drug-likeness (QED) is 0.245. The first-order chi connectivity index (χ1) is 21.2. The van der Waals surface area contributed by atoms with Crippen LogP contribution in [-0.4, -0.2) is 54.1 Å². The van der Waals surface area contributed by atoms with Crippen molar-refractivity contribution in [2.24, 2.45) is 5.41 Å². The Hall–Kier alpha value is -4.32. The van der Waals surface area contributed by atoms with E-state index in [1.54, 1.807) is 35.0 Å². The summed E-state index contributed by atoms with van der Waals surface area (Å²) in [6.45, 7) is 7.06. The van der Waals surface area contributed by atoms with Crippen LogP contribution in [0, 0.1) is 19.3 Å². The topological polar surface area (TPSA) is 110 Å². The molecule has 3 atom stereocenters. The third kappa shape index (κ3) is 5.67. The maximum atomic E-state index is 14.1. The first-order valence-electron chi connectivity index (χ1n) is 14.5. The van der Waals surface area contributed by atoms with E-state index in [4.69, 9.17) is 11.6 Å². The smallest absolute Gasteiger partial charge is 0.337 e. The number of rotatable bonds is 6. The minimum absolute atomic E-state index is 0.142. The number of carbonyl (C=O) groups is 3. The Kier molecular flexibility index (Phi) is 7.46. The lowest BCUT2D eigenvalue weighted by Crippen LogP contribution is -2.53. The van der Waals surface area contributed by atoms with Gasteiger partial charge in [0.05, 0.1) is 10.5 Å². The van der Waals surface area contributed by atoms with Gasteiger partial charge in [-0.25, -0.2) is 15.0 Å². The lowest BCUT2D eigenvalue weighted by Gasteiger charge is -2.37. The highest BCUT2D eigenvalue weighted by molar-refractivity contribution is 6.33. The number of amides is 2. The summed E-state index contributed by atoms with van der Waals surface area (Å²) in [4.78, 5) is 53.9. The monoisotopic (exact) mass is 638 g/mol. The number of pyridine rings is 1. The third-order valence-electron chi connectivity index (χ3n) is 8.90. The van der Waals surface area contributed by atoms with E-state index in [1.165, 1.54) is 6.92 Å². The molecule has 0 spiro atoms. The zero-order valence-electron chi connectivity index (χ0n) is 25.0. The van der Waals surface area contributed by atoms with Gasteiger partial charge in [-0.15, -0.1) is 0 Å². The molecule has 9 nitrogen and oxygen atoms in total. The van der Waals surface area contributed by atoms with Crippen molar-refractivity contribution in [3.63, 3.8) is 0 Å². The highest BCUT2D eigenvalue weighted by Gasteiger charge is 2.60. The molecule has 1 saturated carbocycles. The van der Waals surface area contributed by atoms with Gasteiger partial charge < -0.3 is 14.8 Å². The first kappa shape index (κ1) is 30.7. The molecule has 1 aromatic carbocycles.